The van der Waals surface area contributed by atoms with Crippen molar-refractivity contribution >= 4 is 11.6 Å². The average molecular weight is 431 g/mol. The van der Waals surface area contributed by atoms with Crippen molar-refractivity contribution in [3.8, 4) is 11.5 Å². The number of aliphatic hydroxyl groups is 1. The van der Waals surface area contributed by atoms with E-state index >= 15 is 0 Å². The Morgan fingerprint density at radius 1 is 1.10 bits per heavy atom. The largest absolute Gasteiger partial charge is 0.494 e. The number of hydrogen-bond acceptors (Lipinski definition) is 6. The molecule has 0 aliphatic heterocycles. The highest BCUT2D eigenvalue weighted by molar-refractivity contribution is 5.93. The molecular weight excluding hydrogens is 396 g/mol. The van der Waals surface area contributed by atoms with Crippen LogP contribution in [0.5, 0.6) is 11.5 Å². The minimum Gasteiger partial charge on any atom is -0.494 e. The standard InChI is InChI=1S/C24H34N2O5/c1-5-30-21-9-11-22(12-10-21)31-17-20(27)15-26(13-14-29-4)16-24(28)25-23-8-6-7-18(2)19(23)3/h6-12,20,27H,5,13-17H2,1-4H3,(H,25,28). The summed E-state index contributed by atoms with van der Waals surface area (Å²) in [4.78, 5) is 14.4. The van der Waals surface area contributed by atoms with E-state index in [0.29, 0.717) is 32.1 Å². The van der Waals surface area contributed by atoms with E-state index in [-0.39, 0.29) is 19.1 Å². The topological polar surface area (TPSA) is 80.3 Å². The molecule has 0 aromatic heterocycles. The number of rotatable bonds is 13. The lowest BCUT2D eigenvalue weighted by Gasteiger charge is -2.24. The smallest absolute Gasteiger partial charge is 0.238 e. The second-order valence-electron chi connectivity index (χ2n) is 7.39. The zero-order valence-corrected chi connectivity index (χ0v) is 18.9. The average Bonchev–Trinajstić information content (AvgIpc) is 2.75. The number of nitrogens with one attached hydrogen (secondary N) is 1. The third-order valence-corrected chi connectivity index (χ3v) is 4.90. The summed E-state index contributed by atoms with van der Waals surface area (Å²) in [5.74, 6) is 1.29. The molecule has 0 saturated heterocycles. The highest BCUT2D eigenvalue weighted by atomic mass is 16.5. The van der Waals surface area contributed by atoms with Gasteiger partial charge in [-0.3, -0.25) is 9.69 Å². The highest BCUT2D eigenvalue weighted by Gasteiger charge is 2.17. The van der Waals surface area contributed by atoms with E-state index in [1.165, 1.54) is 0 Å². The minimum absolute atomic E-state index is 0.121. The van der Waals surface area contributed by atoms with Gasteiger partial charge in [0.05, 0.1) is 19.8 Å². The van der Waals surface area contributed by atoms with E-state index in [2.05, 4.69) is 5.32 Å². The Morgan fingerprint density at radius 2 is 1.77 bits per heavy atom. The van der Waals surface area contributed by atoms with Crippen LogP contribution >= 0.6 is 0 Å². The van der Waals surface area contributed by atoms with Gasteiger partial charge in [-0.2, -0.15) is 0 Å². The first-order valence-corrected chi connectivity index (χ1v) is 10.5. The van der Waals surface area contributed by atoms with E-state index in [9.17, 15) is 9.90 Å². The normalized spacial score (nSPS) is 11.9. The molecule has 1 atom stereocenters. The molecule has 7 heteroatoms. The van der Waals surface area contributed by atoms with E-state index < -0.39 is 6.10 Å². The van der Waals surface area contributed by atoms with Gasteiger partial charge in [-0.05, 0) is 62.2 Å². The van der Waals surface area contributed by atoms with Gasteiger partial charge in [0.2, 0.25) is 5.91 Å². The van der Waals surface area contributed by atoms with Crippen LogP contribution in [-0.2, 0) is 9.53 Å². The van der Waals surface area contributed by atoms with Gasteiger partial charge in [-0.15, -0.1) is 0 Å². The predicted molar refractivity (Wildman–Crippen MR) is 122 cm³/mol. The summed E-state index contributed by atoms with van der Waals surface area (Å²) in [6.45, 7) is 8.07. The molecule has 0 radical (unpaired) electrons. The number of methoxy groups -OCH3 is 1. The summed E-state index contributed by atoms with van der Waals surface area (Å²) in [5, 5.41) is 13.4. The van der Waals surface area contributed by atoms with Crippen LogP contribution in [0.25, 0.3) is 0 Å². The van der Waals surface area contributed by atoms with Crippen molar-refractivity contribution in [2.75, 3.05) is 51.9 Å². The first kappa shape index (κ1) is 24.7. The van der Waals surface area contributed by atoms with Gasteiger partial charge in [0.1, 0.15) is 24.2 Å². The van der Waals surface area contributed by atoms with Crippen molar-refractivity contribution in [3.63, 3.8) is 0 Å². The number of aryl methyl sites for hydroxylation is 1. The maximum Gasteiger partial charge on any atom is 0.238 e. The zero-order chi connectivity index (χ0) is 22.6. The predicted octanol–water partition coefficient (Wildman–Crippen LogP) is 3.03. The number of carbonyl (C=O) groups excluding carboxylic acids is 1. The van der Waals surface area contributed by atoms with Crippen LogP contribution < -0.4 is 14.8 Å². The molecule has 0 saturated carbocycles. The van der Waals surface area contributed by atoms with Gasteiger partial charge < -0.3 is 24.6 Å². The van der Waals surface area contributed by atoms with Crippen molar-refractivity contribution in [1.29, 1.82) is 0 Å². The Kier molecular flexibility index (Phi) is 10.3. The molecule has 0 heterocycles. The quantitative estimate of drug-likeness (QED) is 0.509. The SMILES string of the molecule is CCOc1ccc(OCC(O)CN(CCOC)CC(=O)Nc2cccc(C)c2C)cc1. The minimum atomic E-state index is -0.753. The molecule has 1 unspecified atom stereocenters. The molecule has 1 amide bonds. The number of amides is 1. The fourth-order valence-electron chi connectivity index (χ4n) is 3.08. The van der Waals surface area contributed by atoms with Crippen molar-refractivity contribution in [1.82, 2.24) is 4.90 Å². The third kappa shape index (κ3) is 8.57. The molecule has 0 fully saturated rings. The molecule has 0 aliphatic rings. The molecule has 0 aliphatic carbocycles. The summed E-state index contributed by atoms with van der Waals surface area (Å²) in [6, 6.07) is 13.1. The van der Waals surface area contributed by atoms with Crippen LogP contribution in [0, 0.1) is 13.8 Å². The van der Waals surface area contributed by atoms with Crippen LogP contribution in [0.4, 0.5) is 5.69 Å². The number of anilines is 1. The lowest BCUT2D eigenvalue weighted by Crippen LogP contribution is -2.41. The molecule has 2 N–H and O–H groups in total. The summed E-state index contributed by atoms with van der Waals surface area (Å²) >= 11 is 0. The van der Waals surface area contributed by atoms with Crippen LogP contribution in [0.2, 0.25) is 0 Å². The van der Waals surface area contributed by atoms with E-state index in [1.807, 2.05) is 56.0 Å². The van der Waals surface area contributed by atoms with Crippen molar-refractivity contribution in [3.05, 3.63) is 53.6 Å². The van der Waals surface area contributed by atoms with Gasteiger partial charge in [-0.1, -0.05) is 12.1 Å². The second kappa shape index (κ2) is 12.9. The van der Waals surface area contributed by atoms with Gasteiger partial charge in [0.25, 0.3) is 0 Å². The highest BCUT2D eigenvalue weighted by Crippen LogP contribution is 2.19. The fraction of sp³-hybridized carbons (Fsp3) is 0.458. The van der Waals surface area contributed by atoms with E-state index in [4.69, 9.17) is 14.2 Å². The number of aliphatic hydroxyl groups excluding tert-OH is 1. The second-order valence-corrected chi connectivity index (χ2v) is 7.39. The maximum atomic E-state index is 12.6. The first-order chi connectivity index (χ1) is 14.9. The number of benzene rings is 2. The van der Waals surface area contributed by atoms with Crippen LogP contribution in [0.1, 0.15) is 18.1 Å². The Bertz CT molecular complexity index is 810. The van der Waals surface area contributed by atoms with E-state index in [0.717, 1.165) is 22.6 Å². The van der Waals surface area contributed by atoms with Gasteiger partial charge >= 0.3 is 0 Å². The van der Waals surface area contributed by atoms with Crippen LogP contribution in [-0.4, -0.2) is 68.6 Å². The van der Waals surface area contributed by atoms with Crippen molar-refractivity contribution in [2.24, 2.45) is 0 Å². The molecule has 0 bridgehead atoms. The maximum absolute atomic E-state index is 12.6. The number of carbonyl (C=O) groups is 1. The molecule has 170 valence electrons. The fourth-order valence-corrected chi connectivity index (χ4v) is 3.08. The van der Waals surface area contributed by atoms with Crippen LogP contribution in [0.3, 0.4) is 0 Å². The Morgan fingerprint density at radius 3 is 2.42 bits per heavy atom. The molecular formula is C24H34N2O5. The van der Waals surface area contributed by atoms with Crippen molar-refractivity contribution < 1.29 is 24.1 Å². The summed E-state index contributed by atoms with van der Waals surface area (Å²) < 4.78 is 16.2. The summed E-state index contributed by atoms with van der Waals surface area (Å²) in [6.07, 6.45) is -0.753. The van der Waals surface area contributed by atoms with Crippen molar-refractivity contribution in [2.45, 2.75) is 26.9 Å². The third-order valence-electron chi connectivity index (χ3n) is 4.90. The molecule has 2 rings (SSSR count). The number of hydrogen-bond donors (Lipinski definition) is 2. The molecule has 0 spiro atoms. The monoisotopic (exact) mass is 430 g/mol. The number of nitrogens with zero attached hydrogens (tertiary/aromatic N) is 1. The van der Waals surface area contributed by atoms with Gasteiger partial charge in [0.15, 0.2) is 0 Å². The Labute approximate surface area is 184 Å². The molecule has 7 nitrogen and oxygen atoms in total. The summed E-state index contributed by atoms with van der Waals surface area (Å²) in [7, 11) is 1.61. The first-order valence-electron chi connectivity index (χ1n) is 10.5. The van der Waals surface area contributed by atoms with Crippen LogP contribution in [0.15, 0.2) is 42.5 Å². The molecule has 2 aromatic rings. The Hall–Kier alpha value is -2.61. The lowest BCUT2D eigenvalue weighted by atomic mass is 10.1. The van der Waals surface area contributed by atoms with Gasteiger partial charge in [-0.25, -0.2) is 0 Å². The summed E-state index contributed by atoms with van der Waals surface area (Å²) in [5.41, 5.74) is 2.97. The van der Waals surface area contributed by atoms with Gasteiger partial charge in [0, 0.05) is 25.9 Å². The van der Waals surface area contributed by atoms with E-state index in [1.54, 1.807) is 19.2 Å². The number of ether oxygens (including phenoxy) is 3. The lowest BCUT2D eigenvalue weighted by molar-refractivity contribution is -0.117. The molecule has 2 aromatic carbocycles. The zero-order valence-electron chi connectivity index (χ0n) is 18.9. The molecule has 31 heavy (non-hydrogen) atoms. The Balaban J connectivity index is 1.87.